The van der Waals surface area contributed by atoms with Crippen LogP contribution in [0.4, 0.5) is 0 Å². The van der Waals surface area contributed by atoms with E-state index in [9.17, 15) is 4.79 Å². The lowest BCUT2D eigenvalue weighted by atomic mass is 9.81. The molecule has 0 N–H and O–H groups in total. The summed E-state index contributed by atoms with van der Waals surface area (Å²) in [4.78, 5) is 15.4. The third-order valence-corrected chi connectivity index (χ3v) is 6.54. The molecular formula is C28H27NO4. The van der Waals surface area contributed by atoms with E-state index in [1.54, 1.807) is 14.2 Å². The topological polar surface area (TPSA) is 48.0 Å². The maximum Gasteiger partial charge on any atom is 0.253 e. The summed E-state index contributed by atoms with van der Waals surface area (Å²) >= 11 is 0. The summed E-state index contributed by atoms with van der Waals surface area (Å²) in [5, 5.41) is 0. The van der Waals surface area contributed by atoms with Gasteiger partial charge in [-0.3, -0.25) is 4.79 Å². The molecule has 5 heteroatoms. The van der Waals surface area contributed by atoms with Gasteiger partial charge < -0.3 is 19.1 Å². The minimum atomic E-state index is -0.762. The van der Waals surface area contributed by atoms with Crippen molar-refractivity contribution in [1.82, 2.24) is 4.90 Å². The van der Waals surface area contributed by atoms with Crippen molar-refractivity contribution in [2.24, 2.45) is 0 Å². The Morgan fingerprint density at radius 3 is 1.97 bits per heavy atom. The molecule has 0 spiro atoms. The molecule has 2 aliphatic rings. The Bertz CT molecular complexity index is 1120. The number of carbonyl (C=O) groups is 1. The fourth-order valence-corrected chi connectivity index (χ4v) is 4.75. The van der Waals surface area contributed by atoms with E-state index in [1.165, 1.54) is 0 Å². The Balaban J connectivity index is 1.49. The first kappa shape index (κ1) is 21.1. The number of amides is 1. The van der Waals surface area contributed by atoms with Crippen LogP contribution >= 0.6 is 0 Å². The van der Waals surface area contributed by atoms with E-state index in [2.05, 4.69) is 12.1 Å². The Kier molecular flexibility index (Phi) is 5.55. The molecule has 0 fully saturated rings. The van der Waals surface area contributed by atoms with Crippen LogP contribution in [0.1, 0.15) is 29.5 Å². The zero-order valence-corrected chi connectivity index (χ0v) is 18.9. The van der Waals surface area contributed by atoms with Gasteiger partial charge in [-0.2, -0.15) is 0 Å². The molecule has 2 aliphatic heterocycles. The minimum absolute atomic E-state index is 0.0593. The summed E-state index contributed by atoms with van der Waals surface area (Å²) in [7, 11) is 3.31. The van der Waals surface area contributed by atoms with Crippen LogP contribution in [0.25, 0.3) is 0 Å². The highest BCUT2D eigenvalue weighted by atomic mass is 16.5. The highest BCUT2D eigenvalue weighted by Gasteiger charge is 2.48. The molecular weight excluding hydrogens is 414 g/mol. The fraction of sp³-hybridized carbons (Fsp3) is 0.250. The van der Waals surface area contributed by atoms with E-state index in [0.29, 0.717) is 25.9 Å². The van der Waals surface area contributed by atoms with Gasteiger partial charge >= 0.3 is 0 Å². The Labute approximate surface area is 194 Å². The van der Waals surface area contributed by atoms with Gasteiger partial charge in [0.25, 0.3) is 5.91 Å². The molecule has 168 valence electrons. The molecule has 0 saturated heterocycles. The van der Waals surface area contributed by atoms with Crippen molar-refractivity contribution in [2.45, 2.75) is 25.0 Å². The fourth-order valence-electron chi connectivity index (χ4n) is 4.75. The molecule has 3 aromatic rings. The minimum Gasteiger partial charge on any atom is -0.497 e. The van der Waals surface area contributed by atoms with Crippen LogP contribution in [0.5, 0.6) is 11.5 Å². The van der Waals surface area contributed by atoms with Gasteiger partial charge in [-0.1, -0.05) is 54.6 Å². The monoisotopic (exact) mass is 441 g/mol. The second-order valence-electron chi connectivity index (χ2n) is 8.43. The molecule has 2 heterocycles. The van der Waals surface area contributed by atoms with Crippen molar-refractivity contribution < 1.29 is 19.0 Å². The van der Waals surface area contributed by atoms with Crippen LogP contribution in [0.15, 0.2) is 90.2 Å². The molecule has 5 rings (SSSR count). The zero-order chi connectivity index (χ0) is 22.8. The first-order chi connectivity index (χ1) is 16.1. The van der Waals surface area contributed by atoms with Gasteiger partial charge in [-0.15, -0.1) is 0 Å². The van der Waals surface area contributed by atoms with Gasteiger partial charge in [0, 0.05) is 37.1 Å². The third-order valence-electron chi connectivity index (χ3n) is 6.54. The highest BCUT2D eigenvalue weighted by molar-refractivity contribution is 5.95. The summed E-state index contributed by atoms with van der Waals surface area (Å²) in [6.45, 7) is 1.25. The number of ether oxygens (including phenoxy) is 3. The smallest absolute Gasteiger partial charge is 0.253 e. The molecule has 0 unspecified atom stereocenters. The van der Waals surface area contributed by atoms with E-state index >= 15 is 0 Å². The lowest BCUT2D eigenvalue weighted by Crippen LogP contribution is -2.36. The van der Waals surface area contributed by atoms with Crippen LogP contribution in [0.2, 0.25) is 0 Å². The average molecular weight is 442 g/mol. The normalized spacial score (nSPS) is 16.9. The number of rotatable bonds is 6. The summed E-state index contributed by atoms with van der Waals surface area (Å²) in [5.74, 6) is 2.42. The zero-order valence-electron chi connectivity index (χ0n) is 18.9. The quantitative estimate of drug-likeness (QED) is 0.537. The van der Waals surface area contributed by atoms with Crippen molar-refractivity contribution in [3.05, 3.63) is 107 Å². The van der Waals surface area contributed by atoms with Gasteiger partial charge in [0.15, 0.2) is 5.60 Å². The Morgan fingerprint density at radius 2 is 1.42 bits per heavy atom. The van der Waals surface area contributed by atoms with Crippen LogP contribution in [0, 0.1) is 0 Å². The second kappa shape index (κ2) is 8.66. The number of nitrogens with zero attached hydrogens (tertiary/aromatic N) is 1. The molecule has 3 aromatic carbocycles. The van der Waals surface area contributed by atoms with Gasteiger partial charge in [-0.25, -0.2) is 0 Å². The molecule has 1 amide bonds. The SMILES string of the molecule is COc1ccc(C2(c3ccc(OC)cc3)CC3=C(CCN(Cc4ccccc4)C3=O)O2)cc1. The molecule has 0 aromatic heterocycles. The van der Waals surface area contributed by atoms with Crippen molar-refractivity contribution in [3.63, 3.8) is 0 Å². The Hall–Kier alpha value is -3.73. The number of hydrogen-bond acceptors (Lipinski definition) is 4. The van der Waals surface area contributed by atoms with Crippen molar-refractivity contribution in [1.29, 1.82) is 0 Å². The number of carbonyl (C=O) groups excluding carboxylic acids is 1. The summed E-state index contributed by atoms with van der Waals surface area (Å²) in [6.07, 6.45) is 1.20. The average Bonchev–Trinajstić information content (AvgIpc) is 3.28. The van der Waals surface area contributed by atoms with Crippen molar-refractivity contribution in [2.75, 3.05) is 20.8 Å². The maximum atomic E-state index is 13.5. The molecule has 33 heavy (non-hydrogen) atoms. The van der Waals surface area contributed by atoms with E-state index in [4.69, 9.17) is 14.2 Å². The van der Waals surface area contributed by atoms with E-state index in [1.807, 2.05) is 71.6 Å². The van der Waals surface area contributed by atoms with Crippen LogP contribution in [-0.4, -0.2) is 31.6 Å². The maximum absolute atomic E-state index is 13.5. The largest absolute Gasteiger partial charge is 0.497 e. The van der Waals surface area contributed by atoms with E-state index in [0.717, 1.165) is 39.5 Å². The van der Waals surface area contributed by atoms with Crippen LogP contribution in [-0.2, 0) is 21.7 Å². The molecule has 0 bridgehead atoms. The van der Waals surface area contributed by atoms with Crippen LogP contribution in [0.3, 0.4) is 0 Å². The lowest BCUT2D eigenvalue weighted by molar-refractivity contribution is -0.128. The molecule has 0 atom stereocenters. The molecule has 0 aliphatic carbocycles. The predicted molar refractivity (Wildman–Crippen MR) is 126 cm³/mol. The van der Waals surface area contributed by atoms with Gasteiger partial charge in [0.1, 0.15) is 17.3 Å². The second-order valence-corrected chi connectivity index (χ2v) is 8.43. The number of methoxy groups -OCH3 is 2. The van der Waals surface area contributed by atoms with E-state index in [-0.39, 0.29) is 5.91 Å². The first-order valence-corrected chi connectivity index (χ1v) is 11.2. The van der Waals surface area contributed by atoms with E-state index < -0.39 is 5.60 Å². The van der Waals surface area contributed by atoms with Crippen molar-refractivity contribution >= 4 is 5.91 Å². The number of hydrogen-bond donors (Lipinski definition) is 0. The number of benzene rings is 3. The summed E-state index contributed by atoms with van der Waals surface area (Å²) < 4.78 is 17.4. The highest BCUT2D eigenvalue weighted by Crippen LogP contribution is 2.49. The van der Waals surface area contributed by atoms with Crippen molar-refractivity contribution in [3.8, 4) is 11.5 Å². The summed E-state index contributed by atoms with van der Waals surface area (Å²) in [5.41, 5.74) is 3.12. The van der Waals surface area contributed by atoms with Gasteiger partial charge in [0.2, 0.25) is 0 Å². The lowest BCUT2D eigenvalue weighted by Gasteiger charge is -2.31. The molecule has 0 saturated carbocycles. The molecule has 0 radical (unpaired) electrons. The Morgan fingerprint density at radius 1 is 0.848 bits per heavy atom. The third kappa shape index (κ3) is 3.84. The summed E-state index contributed by atoms with van der Waals surface area (Å²) in [6, 6.07) is 25.9. The first-order valence-electron chi connectivity index (χ1n) is 11.2. The van der Waals surface area contributed by atoms with Gasteiger partial charge in [0.05, 0.1) is 19.8 Å². The standard InChI is InChI=1S/C28H27NO4/c1-31-23-12-8-21(9-13-23)28(22-10-14-24(32-2)15-11-22)18-25-26(33-28)16-17-29(27(25)30)19-20-6-4-3-5-7-20/h3-15H,16-19H2,1-2H3. The van der Waals surface area contributed by atoms with Gasteiger partial charge in [-0.05, 0) is 29.8 Å². The predicted octanol–water partition coefficient (Wildman–Crippen LogP) is 5.05. The van der Waals surface area contributed by atoms with Crippen LogP contribution < -0.4 is 9.47 Å². The molecule has 5 nitrogen and oxygen atoms in total.